The minimum absolute atomic E-state index is 0.0420. The van der Waals surface area contributed by atoms with Crippen molar-refractivity contribution in [2.45, 2.75) is 25.9 Å². The van der Waals surface area contributed by atoms with Crippen molar-refractivity contribution in [3.8, 4) is 0 Å². The molecule has 0 bridgehead atoms. The molecule has 2 aromatic carbocycles. The molecule has 1 aliphatic rings. The molecule has 1 fully saturated rings. The molecule has 1 heterocycles. The maximum Gasteiger partial charge on any atom is 0.254 e. The van der Waals surface area contributed by atoms with E-state index in [0.29, 0.717) is 18.5 Å². The largest absolute Gasteiger partial charge is 0.378 e. The summed E-state index contributed by atoms with van der Waals surface area (Å²) in [5.74, 6) is 0.0762. The van der Waals surface area contributed by atoms with Gasteiger partial charge in [0.05, 0.1) is 11.5 Å². The molecule has 1 saturated heterocycles. The van der Waals surface area contributed by atoms with E-state index in [9.17, 15) is 13.2 Å². The summed E-state index contributed by atoms with van der Waals surface area (Å²) in [5.41, 5.74) is 3.68. The van der Waals surface area contributed by atoms with E-state index in [1.54, 1.807) is 11.0 Å². The first-order valence-corrected chi connectivity index (χ1v) is 10.9. The fraction of sp³-hybridized carbons (Fsp3) is 0.381. The highest BCUT2D eigenvalue weighted by atomic mass is 32.2. The molecule has 0 aromatic heterocycles. The van der Waals surface area contributed by atoms with E-state index in [-0.39, 0.29) is 23.5 Å². The Labute approximate surface area is 161 Å². The Morgan fingerprint density at radius 1 is 1.11 bits per heavy atom. The minimum atomic E-state index is -3.08. The second-order valence-electron chi connectivity index (χ2n) is 7.42. The van der Waals surface area contributed by atoms with Gasteiger partial charge >= 0.3 is 0 Å². The Kier molecular flexibility index (Phi) is 5.56. The van der Waals surface area contributed by atoms with Crippen LogP contribution >= 0.6 is 0 Å². The smallest absolute Gasteiger partial charge is 0.254 e. The molecule has 0 aliphatic carbocycles. The maximum absolute atomic E-state index is 13.2. The summed E-state index contributed by atoms with van der Waals surface area (Å²) < 4.78 is 24.0. The SMILES string of the molecule is Cc1cccc(C(=O)N(Cc2ccc(N(C)C)cc2)[C@@H]2CCS(=O)(=O)C2)c1. The summed E-state index contributed by atoms with van der Waals surface area (Å²) in [5, 5.41) is 0. The summed E-state index contributed by atoms with van der Waals surface area (Å²) >= 11 is 0. The van der Waals surface area contributed by atoms with Gasteiger partial charge in [-0.1, -0.05) is 29.8 Å². The predicted molar refractivity (Wildman–Crippen MR) is 109 cm³/mol. The lowest BCUT2D eigenvalue weighted by molar-refractivity contribution is 0.0681. The Morgan fingerprint density at radius 3 is 2.37 bits per heavy atom. The molecule has 27 heavy (non-hydrogen) atoms. The fourth-order valence-corrected chi connectivity index (χ4v) is 5.16. The van der Waals surface area contributed by atoms with Gasteiger partial charge in [0, 0.05) is 37.9 Å². The van der Waals surface area contributed by atoms with Gasteiger partial charge in [0.2, 0.25) is 0 Å². The first-order chi connectivity index (χ1) is 12.7. The highest BCUT2D eigenvalue weighted by molar-refractivity contribution is 7.91. The Hall–Kier alpha value is -2.34. The maximum atomic E-state index is 13.2. The number of aryl methyl sites for hydroxylation is 1. The number of sulfone groups is 1. The summed E-state index contributed by atoms with van der Waals surface area (Å²) in [6.07, 6.45) is 0.496. The molecule has 0 saturated carbocycles. The molecule has 6 heteroatoms. The van der Waals surface area contributed by atoms with Crippen molar-refractivity contribution >= 4 is 21.4 Å². The zero-order valence-corrected chi connectivity index (χ0v) is 16.9. The normalized spacial score (nSPS) is 18.3. The van der Waals surface area contributed by atoms with Crippen LogP contribution in [0.4, 0.5) is 5.69 Å². The van der Waals surface area contributed by atoms with Gasteiger partial charge in [-0.25, -0.2) is 8.42 Å². The highest BCUT2D eigenvalue weighted by Gasteiger charge is 2.35. The number of carbonyl (C=O) groups is 1. The average Bonchev–Trinajstić information content (AvgIpc) is 2.99. The summed E-state index contributed by atoms with van der Waals surface area (Å²) in [6.45, 7) is 2.35. The molecule has 2 aromatic rings. The number of anilines is 1. The van der Waals surface area contributed by atoms with Gasteiger partial charge in [-0.3, -0.25) is 4.79 Å². The molecular weight excluding hydrogens is 360 g/mol. The van der Waals surface area contributed by atoms with Crippen LogP contribution in [0.25, 0.3) is 0 Å². The second kappa shape index (κ2) is 7.72. The molecule has 5 nitrogen and oxygen atoms in total. The van der Waals surface area contributed by atoms with E-state index in [2.05, 4.69) is 0 Å². The van der Waals surface area contributed by atoms with Crippen molar-refractivity contribution in [2.24, 2.45) is 0 Å². The lowest BCUT2D eigenvalue weighted by atomic mass is 10.1. The summed E-state index contributed by atoms with van der Waals surface area (Å²) in [4.78, 5) is 16.9. The van der Waals surface area contributed by atoms with Crippen molar-refractivity contribution in [1.29, 1.82) is 0 Å². The van der Waals surface area contributed by atoms with E-state index >= 15 is 0 Å². The molecule has 1 aliphatic heterocycles. The quantitative estimate of drug-likeness (QED) is 0.793. The van der Waals surface area contributed by atoms with Gasteiger partial charge in [-0.15, -0.1) is 0 Å². The predicted octanol–water partition coefficient (Wildman–Crippen LogP) is 2.89. The van der Waals surface area contributed by atoms with Crippen LogP contribution < -0.4 is 4.90 Å². The first kappa shape index (κ1) is 19.4. The third-order valence-electron chi connectivity index (χ3n) is 4.98. The molecule has 3 rings (SSSR count). The van der Waals surface area contributed by atoms with Crippen molar-refractivity contribution in [3.63, 3.8) is 0 Å². The monoisotopic (exact) mass is 386 g/mol. The Morgan fingerprint density at radius 2 is 1.81 bits per heavy atom. The molecule has 1 atom stereocenters. The average molecular weight is 387 g/mol. The third kappa shape index (κ3) is 4.69. The van der Waals surface area contributed by atoms with Gasteiger partial charge in [0.1, 0.15) is 0 Å². The highest BCUT2D eigenvalue weighted by Crippen LogP contribution is 2.23. The molecule has 0 radical (unpaired) electrons. The van der Waals surface area contributed by atoms with Crippen LogP contribution in [0.3, 0.4) is 0 Å². The van der Waals surface area contributed by atoms with Gasteiger partial charge in [0.15, 0.2) is 9.84 Å². The molecule has 1 amide bonds. The van der Waals surface area contributed by atoms with E-state index in [0.717, 1.165) is 16.8 Å². The summed E-state index contributed by atoms with van der Waals surface area (Å²) in [6, 6.07) is 15.2. The fourth-order valence-electron chi connectivity index (χ4n) is 3.43. The number of carbonyl (C=O) groups excluding carboxylic acids is 1. The molecule has 0 spiro atoms. The minimum Gasteiger partial charge on any atom is -0.378 e. The van der Waals surface area contributed by atoms with Gasteiger partial charge in [-0.05, 0) is 43.2 Å². The van der Waals surface area contributed by atoms with Gasteiger partial charge in [-0.2, -0.15) is 0 Å². The van der Waals surface area contributed by atoms with E-state index < -0.39 is 9.84 Å². The van der Waals surface area contributed by atoms with Crippen molar-refractivity contribution in [3.05, 3.63) is 65.2 Å². The molecule has 0 unspecified atom stereocenters. The van der Waals surface area contributed by atoms with Crippen LogP contribution in [0, 0.1) is 6.92 Å². The number of hydrogen-bond donors (Lipinski definition) is 0. The summed E-state index contributed by atoms with van der Waals surface area (Å²) in [7, 11) is 0.881. The van der Waals surface area contributed by atoms with Crippen molar-refractivity contribution < 1.29 is 13.2 Å². The molecule has 0 N–H and O–H groups in total. The lowest BCUT2D eigenvalue weighted by Gasteiger charge is -2.29. The van der Waals surface area contributed by atoms with E-state index in [4.69, 9.17) is 0 Å². The van der Waals surface area contributed by atoms with Gasteiger partial charge in [0.25, 0.3) is 5.91 Å². The van der Waals surface area contributed by atoms with Crippen LogP contribution in [0.5, 0.6) is 0 Å². The van der Waals surface area contributed by atoms with Crippen LogP contribution in [-0.2, 0) is 16.4 Å². The number of nitrogens with zero attached hydrogens (tertiary/aromatic N) is 2. The number of benzene rings is 2. The van der Waals surface area contributed by atoms with Crippen LogP contribution in [-0.4, -0.2) is 50.9 Å². The Balaban J connectivity index is 1.89. The molecule has 144 valence electrons. The topological polar surface area (TPSA) is 57.7 Å². The van der Waals surface area contributed by atoms with Gasteiger partial charge < -0.3 is 9.80 Å². The third-order valence-corrected chi connectivity index (χ3v) is 6.73. The standard InChI is InChI=1S/C21H26N2O3S/c1-16-5-4-6-18(13-16)21(24)23(20-11-12-27(25,26)15-20)14-17-7-9-19(10-8-17)22(2)3/h4-10,13,20H,11-12,14-15H2,1-3H3/t20-/m1/s1. The molecular formula is C21H26N2O3S. The van der Waals surface area contributed by atoms with E-state index in [1.165, 1.54) is 0 Å². The van der Waals surface area contributed by atoms with Crippen molar-refractivity contribution in [1.82, 2.24) is 4.90 Å². The lowest BCUT2D eigenvalue weighted by Crippen LogP contribution is -2.40. The van der Waals surface area contributed by atoms with Crippen LogP contribution in [0.15, 0.2) is 48.5 Å². The number of amides is 1. The Bertz CT molecular complexity index is 921. The van der Waals surface area contributed by atoms with Crippen LogP contribution in [0.1, 0.15) is 27.9 Å². The number of hydrogen-bond acceptors (Lipinski definition) is 4. The van der Waals surface area contributed by atoms with E-state index in [1.807, 2.05) is 68.4 Å². The number of rotatable bonds is 5. The zero-order chi connectivity index (χ0) is 19.6. The first-order valence-electron chi connectivity index (χ1n) is 9.09. The zero-order valence-electron chi connectivity index (χ0n) is 16.1. The van der Waals surface area contributed by atoms with Crippen molar-refractivity contribution in [2.75, 3.05) is 30.5 Å². The van der Waals surface area contributed by atoms with Crippen LogP contribution in [0.2, 0.25) is 0 Å². The second-order valence-corrected chi connectivity index (χ2v) is 9.65.